The van der Waals surface area contributed by atoms with Gasteiger partial charge in [-0.05, 0) is 50.1 Å². The summed E-state index contributed by atoms with van der Waals surface area (Å²) in [5, 5.41) is 18.9. The van der Waals surface area contributed by atoms with Crippen LogP contribution in [0.4, 0.5) is 0 Å². The molecule has 2 aromatic rings. The van der Waals surface area contributed by atoms with E-state index in [4.69, 9.17) is 4.74 Å². The van der Waals surface area contributed by atoms with Crippen LogP contribution in [0.1, 0.15) is 36.7 Å². The van der Waals surface area contributed by atoms with E-state index in [-0.39, 0.29) is 12.5 Å². The lowest BCUT2D eigenvalue weighted by atomic mass is 9.69. The van der Waals surface area contributed by atoms with Crippen molar-refractivity contribution >= 4 is 11.9 Å². The molecule has 1 fully saturated rings. The maximum absolute atomic E-state index is 12.2. The second-order valence-corrected chi connectivity index (χ2v) is 6.25. The predicted octanol–water partition coefficient (Wildman–Crippen LogP) is 2.46. The lowest BCUT2D eigenvalue weighted by molar-refractivity contribution is -0.153. The van der Waals surface area contributed by atoms with E-state index in [2.05, 4.69) is 15.5 Å². The SMILES string of the molecule is CCOc1ccc(-c2cc(C(=O)NCC3(C(=O)O)CCC3)[nH]n2)cc1. The zero-order valence-electron chi connectivity index (χ0n) is 14.0. The number of carboxylic acid groups (broad SMARTS) is 1. The largest absolute Gasteiger partial charge is 0.494 e. The smallest absolute Gasteiger partial charge is 0.311 e. The molecule has 25 heavy (non-hydrogen) atoms. The zero-order chi connectivity index (χ0) is 17.9. The van der Waals surface area contributed by atoms with E-state index in [0.29, 0.717) is 30.8 Å². The van der Waals surface area contributed by atoms with Crippen LogP contribution in [-0.2, 0) is 4.79 Å². The molecule has 7 nitrogen and oxygen atoms in total. The number of carbonyl (C=O) groups excluding carboxylic acids is 1. The number of aromatic amines is 1. The number of amides is 1. The molecule has 0 bridgehead atoms. The van der Waals surface area contributed by atoms with Gasteiger partial charge in [0.05, 0.1) is 17.7 Å². The molecule has 7 heteroatoms. The highest BCUT2D eigenvalue weighted by molar-refractivity contribution is 5.93. The Labute approximate surface area is 145 Å². The standard InChI is InChI=1S/C18H21N3O4/c1-2-25-13-6-4-12(5-7-13)14-10-15(21-20-14)16(22)19-11-18(17(23)24)8-3-9-18/h4-7,10H,2-3,8-9,11H2,1H3,(H,19,22)(H,20,21)(H,23,24). The van der Waals surface area contributed by atoms with Crippen molar-refractivity contribution in [1.29, 1.82) is 0 Å². The number of carbonyl (C=O) groups is 2. The van der Waals surface area contributed by atoms with Gasteiger partial charge in [0.1, 0.15) is 11.4 Å². The minimum atomic E-state index is -0.848. The fourth-order valence-corrected chi connectivity index (χ4v) is 2.89. The average molecular weight is 343 g/mol. The maximum atomic E-state index is 12.2. The number of aliphatic carboxylic acids is 1. The summed E-state index contributed by atoms with van der Waals surface area (Å²) in [6.07, 6.45) is 2.08. The first-order chi connectivity index (χ1) is 12.0. The quantitative estimate of drug-likeness (QED) is 0.716. The first kappa shape index (κ1) is 17.0. The lowest BCUT2D eigenvalue weighted by Gasteiger charge is -2.37. The van der Waals surface area contributed by atoms with Gasteiger partial charge in [-0.15, -0.1) is 0 Å². The molecule has 0 radical (unpaired) electrons. The van der Waals surface area contributed by atoms with Crippen molar-refractivity contribution in [3.8, 4) is 17.0 Å². The van der Waals surface area contributed by atoms with E-state index in [0.717, 1.165) is 17.7 Å². The van der Waals surface area contributed by atoms with Crippen molar-refractivity contribution in [2.75, 3.05) is 13.2 Å². The second-order valence-electron chi connectivity index (χ2n) is 6.25. The highest BCUT2D eigenvalue weighted by atomic mass is 16.5. The topological polar surface area (TPSA) is 104 Å². The molecule has 0 unspecified atom stereocenters. The molecule has 0 aliphatic heterocycles. The molecular formula is C18H21N3O4. The van der Waals surface area contributed by atoms with E-state index < -0.39 is 11.4 Å². The Kier molecular flexibility index (Phi) is 4.74. The summed E-state index contributed by atoms with van der Waals surface area (Å²) in [6.45, 7) is 2.66. The molecule has 0 saturated heterocycles. The van der Waals surface area contributed by atoms with Crippen molar-refractivity contribution in [1.82, 2.24) is 15.5 Å². The third kappa shape index (κ3) is 3.50. The van der Waals surface area contributed by atoms with Crippen molar-refractivity contribution < 1.29 is 19.4 Å². The average Bonchev–Trinajstić information content (AvgIpc) is 3.04. The van der Waals surface area contributed by atoms with Crippen LogP contribution >= 0.6 is 0 Å². The number of hydrogen-bond acceptors (Lipinski definition) is 4. The molecule has 1 aliphatic rings. The minimum absolute atomic E-state index is 0.137. The van der Waals surface area contributed by atoms with Gasteiger partial charge in [-0.25, -0.2) is 0 Å². The number of nitrogens with zero attached hydrogens (tertiary/aromatic N) is 1. The summed E-state index contributed by atoms with van der Waals surface area (Å²) in [6, 6.07) is 9.09. The van der Waals surface area contributed by atoms with E-state index >= 15 is 0 Å². The van der Waals surface area contributed by atoms with Crippen LogP contribution in [0.2, 0.25) is 0 Å². The molecule has 0 spiro atoms. The minimum Gasteiger partial charge on any atom is -0.494 e. The third-order valence-corrected chi connectivity index (χ3v) is 4.64. The molecule has 1 aromatic carbocycles. The van der Waals surface area contributed by atoms with Crippen molar-refractivity contribution in [3.63, 3.8) is 0 Å². The number of aromatic nitrogens is 2. The Morgan fingerprint density at radius 3 is 2.60 bits per heavy atom. The molecule has 1 aromatic heterocycles. The van der Waals surface area contributed by atoms with Gasteiger partial charge >= 0.3 is 5.97 Å². The lowest BCUT2D eigenvalue weighted by Crippen LogP contribution is -2.47. The fraction of sp³-hybridized carbons (Fsp3) is 0.389. The first-order valence-corrected chi connectivity index (χ1v) is 8.34. The summed E-state index contributed by atoms with van der Waals surface area (Å²) in [5.74, 6) is -0.421. The van der Waals surface area contributed by atoms with Crippen molar-refractivity contribution in [3.05, 3.63) is 36.0 Å². The normalized spacial score (nSPS) is 15.2. The molecule has 132 valence electrons. The monoisotopic (exact) mass is 343 g/mol. The number of hydrogen-bond donors (Lipinski definition) is 3. The molecule has 1 aliphatic carbocycles. The summed E-state index contributed by atoms with van der Waals surface area (Å²) in [7, 11) is 0. The summed E-state index contributed by atoms with van der Waals surface area (Å²) < 4.78 is 5.40. The molecule has 3 N–H and O–H groups in total. The van der Waals surface area contributed by atoms with Crippen molar-refractivity contribution in [2.24, 2.45) is 5.41 Å². The van der Waals surface area contributed by atoms with Gasteiger partial charge in [-0.1, -0.05) is 6.42 Å². The number of rotatable bonds is 7. The molecule has 3 rings (SSSR count). The van der Waals surface area contributed by atoms with E-state index in [1.807, 2.05) is 31.2 Å². The highest BCUT2D eigenvalue weighted by Gasteiger charge is 2.44. The van der Waals surface area contributed by atoms with Gasteiger partial charge in [0.25, 0.3) is 5.91 Å². The highest BCUT2D eigenvalue weighted by Crippen LogP contribution is 2.40. The number of H-pyrrole nitrogens is 1. The van der Waals surface area contributed by atoms with Gasteiger partial charge in [-0.2, -0.15) is 5.10 Å². The van der Waals surface area contributed by atoms with E-state index in [1.165, 1.54) is 0 Å². The number of nitrogens with one attached hydrogen (secondary N) is 2. The van der Waals surface area contributed by atoms with Crippen LogP contribution in [0.15, 0.2) is 30.3 Å². The Morgan fingerprint density at radius 1 is 1.32 bits per heavy atom. The van der Waals surface area contributed by atoms with E-state index in [9.17, 15) is 14.7 Å². The van der Waals surface area contributed by atoms with Crippen molar-refractivity contribution in [2.45, 2.75) is 26.2 Å². The number of ether oxygens (including phenoxy) is 1. The van der Waals surface area contributed by atoms with Crippen LogP contribution in [0.5, 0.6) is 5.75 Å². The first-order valence-electron chi connectivity index (χ1n) is 8.34. The van der Waals surface area contributed by atoms with Gasteiger partial charge in [0.15, 0.2) is 0 Å². The van der Waals surface area contributed by atoms with Gasteiger partial charge in [0, 0.05) is 12.1 Å². The fourth-order valence-electron chi connectivity index (χ4n) is 2.89. The second kappa shape index (κ2) is 6.96. The number of benzene rings is 1. The van der Waals surface area contributed by atoms with Gasteiger partial charge < -0.3 is 15.2 Å². The van der Waals surface area contributed by atoms with E-state index in [1.54, 1.807) is 6.07 Å². The summed E-state index contributed by atoms with van der Waals surface area (Å²) >= 11 is 0. The van der Waals surface area contributed by atoms with Crippen LogP contribution in [-0.4, -0.2) is 40.3 Å². The van der Waals surface area contributed by atoms with Gasteiger partial charge in [0.2, 0.25) is 0 Å². The van der Waals surface area contributed by atoms with Gasteiger partial charge in [-0.3, -0.25) is 14.7 Å². The third-order valence-electron chi connectivity index (χ3n) is 4.64. The Balaban J connectivity index is 1.64. The van der Waals surface area contributed by atoms with Crippen LogP contribution in [0, 0.1) is 5.41 Å². The summed E-state index contributed by atoms with van der Waals surface area (Å²) in [5.41, 5.74) is 1.00. The zero-order valence-corrected chi connectivity index (χ0v) is 14.0. The van der Waals surface area contributed by atoms with Crippen LogP contribution in [0.25, 0.3) is 11.3 Å². The molecule has 1 heterocycles. The maximum Gasteiger partial charge on any atom is 0.311 e. The van der Waals surface area contributed by atoms with Crippen LogP contribution < -0.4 is 10.1 Å². The predicted molar refractivity (Wildman–Crippen MR) is 91.4 cm³/mol. The summed E-state index contributed by atoms with van der Waals surface area (Å²) in [4.78, 5) is 23.6. The van der Waals surface area contributed by atoms with Crippen LogP contribution in [0.3, 0.4) is 0 Å². The molecule has 1 amide bonds. The Morgan fingerprint density at radius 2 is 2.04 bits per heavy atom. The Hall–Kier alpha value is -2.83. The molecular weight excluding hydrogens is 322 g/mol. The molecule has 0 atom stereocenters. The molecule has 1 saturated carbocycles. The number of carboxylic acids is 1. The Bertz CT molecular complexity index is 763.